The number of carbonyl (C=O) groups excluding carboxylic acids is 2. The summed E-state index contributed by atoms with van der Waals surface area (Å²) >= 11 is 0. The molecule has 0 unspecified atom stereocenters. The molecule has 3 aromatic carbocycles. The summed E-state index contributed by atoms with van der Waals surface area (Å²) in [5.41, 5.74) is 3.57. The van der Waals surface area contributed by atoms with Crippen molar-refractivity contribution in [1.82, 2.24) is 10.6 Å². The van der Waals surface area contributed by atoms with Crippen molar-refractivity contribution in [2.45, 2.75) is 33.3 Å². The Bertz CT molecular complexity index is 1180. The number of aliphatic hydroxyl groups is 1. The molecule has 0 bridgehead atoms. The molecule has 0 spiro atoms. The lowest BCUT2D eigenvalue weighted by molar-refractivity contribution is -0.117. The van der Waals surface area contributed by atoms with Crippen LogP contribution in [0.3, 0.4) is 0 Å². The molecule has 7 nitrogen and oxygen atoms in total. The predicted octanol–water partition coefficient (Wildman–Crippen LogP) is 4.28. The Kier molecular flexibility index (Phi) is 10.3. The zero-order valence-corrected chi connectivity index (χ0v) is 21.5. The van der Waals surface area contributed by atoms with Gasteiger partial charge in [-0.3, -0.25) is 9.59 Å². The van der Waals surface area contributed by atoms with Gasteiger partial charge in [0.05, 0.1) is 19.3 Å². The Morgan fingerprint density at radius 3 is 2.19 bits per heavy atom. The minimum atomic E-state index is -0.499. The maximum absolute atomic E-state index is 12.9. The van der Waals surface area contributed by atoms with E-state index in [1.807, 2.05) is 13.8 Å². The fourth-order valence-electron chi connectivity index (χ4n) is 3.44. The zero-order chi connectivity index (χ0) is 26.6. The maximum atomic E-state index is 12.9. The van der Waals surface area contributed by atoms with E-state index in [0.29, 0.717) is 29.2 Å². The van der Waals surface area contributed by atoms with Crippen LogP contribution in [0.2, 0.25) is 0 Å². The Balaban J connectivity index is 1.64. The number of ether oxygens (including phenoxy) is 2. The molecule has 0 saturated carbocycles. The number of amides is 2. The van der Waals surface area contributed by atoms with Crippen LogP contribution in [0.4, 0.5) is 0 Å². The van der Waals surface area contributed by atoms with Crippen LogP contribution in [-0.4, -0.2) is 42.8 Å². The number of aliphatic hydroxyl groups excluding tert-OH is 1. The molecule has 0 aliphatic rings. The lowest BCUT2D eigenvalue weighted by Gasteiger charge is -2.12. The molecule has 194 valence electrons. The van der Waals surface area contributed by atoms with Gasteiger partial charge in [0.2, 0.25) is 0 Å². The van der Waals surface area contributed by atoms with Gasteiger partial charge in [-0.05, 0) is 74.4 Å². The first kappa shape index (κ1) is 27.5. The summed E-state index contributed by atoms with van der Waals surface area (Å²) in [7, 11) is 0. The van der Waals surface area contributed by atoms with Gasteiger partial charge in [-0.1, -0.05) is 42.0 Å². The monoisotopic (exact) mass is 502 g/mol. The minimum Gasteiger partial charge on any atom is -0.493 e. The molecule has 7 heteroatoms. The van der Waals surface area contributed by atoms with E-state index in [4.69, 9.17) is 14.6 Å². The molecule has 0 aliphatic heterocycles. The van der Waals surface area contributed by atoms with E-state index in [0.717, 1.165) is 6.42 Å². The fourth-order valence-corrected chi connectivity index (χ4v) is 3.44. The second-order valence-corrected chi connectivity index (χ2v) is 8.84. The molecule has 0 aromatic heterocycles. The van der Waals surface area contributed by atoms with Crippen molar-refractivity contribution in [3.8, 4) is 11.5 Å². The number of hydrogen-bond acceptors (Lipinski definition) is 5. The Hall–Kier alpha value is -4.10. The van der Waals surface area contributed by atoms with Crippen LogP contribution in [-0.2, 0) is 11.2 Å². The first-order valence-corrected chi connectivity index (χ1v) is 12.3. The molecule has 3 aromatic rings. The number of rotatable bonds is 12. The lowest BCUT2D eigenvalue weighted by Crippen LogP contribution is -2.36. The number of hydrogen-bond donors (Lipinski definition) is 3. The average Bonchev–Trinajstić information content (AvgIpc) is 2.89. The minimum absolute atomic E-state index is 0.0467. The van der Waals surface area contributed by atoms with E-state index in [2.05, 4.69) is 41.8 Å². The molecular weight excluding hydrogens is 468 g/mol. The van der Waals surface area contributed by atoms with Crippen molar-refractivity contribution in [2.75, 3.05) is 19.8 Å². The molecule has 0 aliphatic carbocycles. The van der Waals surface area contributed by atoms with Gasteiger partial charge >= 0.3 is 0 Å². The van der Waals surface area contributed by atoms with Crippen LogP contribution in [0, 0.1) is 6.92 Å². The summed E-state index contributed by atoms with van der Waals surface area (Å²) in [6.07, 6.45) is 2.40. The number of aryl methyl sites for hydroxylation is 1. The highest BCUT2D eigenvalue weighted by Gasteiger charge is 2.15. The topological polar surface area (TPSA) is 96.9 Å². The predicted molar refractivity (Wildman–Crippen MR) is 145 cm³/mol. The lowest BCUT2D eigenvalue weighted by atomic mass is 10.1. The summed E-state index contributed by atoms with van der Waals surface area (Å²) in [5.74, 6) is 0.435. The molecule has 0 atom stereocenters. The van der Waals surface area contributed by atoms with Crippen molar-refractivity contribution in [1.29, 1.82) is 0 Å². The van der Waals surface area contributed by atoms with Crippen LogP contribution < -0.4 is 20.1 Å². The SMILES string of the molecule is Cc1ccc(CCOc2ccc(C(=O)N/C(=C/c3ccc(OC(C)C)cc3)C(=O)NCCO)cc2)cc1. The van der Waals surface area contributed by atoms with E-state index >= 15 is 0 Å². The van der Waals surface area contributed by atoms with Crippen LogP contribution in [0.5, 0.6) is 11.5 Å². The number of carbonyl (C=O) groups is 2. The van der Waals surface area contributed by atoms with Gasteiger partial charge in [-0.15, -0.1) is 0 Å². The summed E-state index contributed by atoms with van der Waals surface area (Å²) in [5, 5.41) is 14.3. The van der Waals surface area contributed by atoms with Gasteiger partial charge in [0.25, 0.3) is 11.8 Å². The van der Waals surface area contributed by atoms with Crippen LogP contribution in [0.15, 0.2) is 78.5 Å². The third-order valence-electron chi connectivity index (χ3n) is 5.35. The average molecular weight is 503 g/mol. The van der Waals surface area contributed by atoms with Gasteiger partial charge in [-0.25, -0.2) is 0 Å². The first-order chi connectivity index (χ1) is 17.8. The Labute approximate surface area is 218 Å². The van der Waals surface area contributed by atoms with Gasteiger partial charge in [0.1, 0.15) is 17.2 Å². The van der Waals surface area contributed by atoms with E-state index in [1.54, 1.807) is 54.6 Å². The van der Waals surface area contributed by atoms with E-state index in [9.17, 15) is 9.59 Å². The third-order valence-corrected chi connectivity index (χ3v) is 5.35. The Morgan fingerprint density at radius 2 is 1.57 bits per heavy atom. The molecule has 0 heterocycles. The van der Waals surface area contributed by atoms with Gasteiger partial charge in [0, 0.05) is 18.5 Å². The molecular formula is C30H34N2O5. The largest absolute Gasteiger partial charge is 0.493 e. The van der Waals surface area contributed by atoms with Crippen molar-refractivity contribution < 1.29 is 24.2 Å². The summed E-state index contributed by atoms with van der Waals surface area (Å²) in [6.45, 7) is 6.32. The van der Waals surface area contributed by atoms with Crippen molar-refractivity contribution in [3.05, 3.63) is 101 Å². The Morgan fingerprint density at radius 1 is 0.919 bits per heavy atom. The fraction of sp³-hybridized carbons (Fsp3) is 0.267. The first-order valence-electron chi connectivity index (χ1n) is 12.3. The highest BCUT2D eigenvalue weighted by atomic mass is 16.5. The summed E-state index contributed by atoms with van der Waals surface area (Å²) in [6, 6.07) is 22.3. The number of nitrogens with one attached hydrogen (secondary N) is 2. The summed E-state index contributed by atoms with van der Waals surface area (Å²) in [4.78, 5) is 25.5. The second-order valence-electron chi connectivity index (χ2n) is 8.84. The normalized spacial score (nSPS) is 11.2. The van der Waals surface area contributed by atoms with Crippen LogP contribution in [0.25, 0.3) is 6.08 Å². The highest BCUT2D eigenvalue weighted by Crippen LogP contribution is 2.17. The van der Waals surface area contributed by atoms with Gasteiger partial charge in [-0.2, -0.15) is 0 Å². The molecule has 0 saturated heterocycles. The van der Waals surface area contributed by atoms with Crippen LogP contribution in [0.1, 0.15) is 40.9 Å². The van der Waals surface area contributed by atoms with Gasteiger partial charge < -0.3 is 25.2 Å². The standard InChI is InChI=1S/C30H34N2O5/c1-21(2)37-27-12-8-24(9-13-27)20-28(30(35)31-17-18-33)32-29(34)25-10-14-26(15-11-25)36-19-16-23-6-4-22(3)5-7-23/h4-15,20-21,33H,16-19H2,1-3H3,(H,31,35)(H,32,34)/b28-20+. The third kappa shape index (κ3) is 9.13. The van der Waals surface area contributed by atoms with E-state index in [-0.39, 0.29) is 25.0 Å². The van der Waals surface area contributed by atoms with Crippen molar-refractivity contribution in [2.24, 2.45) is 0 Å². The van der Waals surface area contributed by atoms with E-state index < -0.39 is 11.8 Å². The summed E-state index contributed by atoms with van der Waals surface area (Å²) < 4.78 is 11.5. The van der Waals surface area contributed by atoms with Crippen molar-refractivity contribution in [3.63, 3.8) is 0 Å². The molecule has 37 heavy (non-hydrogen) atoms. The number of benzene rings is 3. The smallest absolute Gasteiger partial charge is 0.267 e. The second kappa shape index (κ2) is 13.8. The van der Waals surface area contributed by atoms with Gasteiger partial charge in [0.15, 0.2) is 0 Å². The maximum Gasteiger partial charge on any atom is 0.267 e. The molecule has 0 radical (unpaired) electrons. The quantitative estimate of drug-likeness (QED) is 0.321. The van der Waals surface area contributed by atoms with Crippen LogP contribution >= 0.6 is 0 Å². The molecule has 3 rings (SSSR count). The zero-order valence-electron chi connectivity index (χ0n) is 21.5. The molecule has 3 N–H and O–H groups in total. The molecule has 0 fully saturated rings. The van der Waals surface area contributed by atoms with Crippen molar-refractivity contribution >= 4 is 17.9 Å². The van der Waals surface area contributed by atoms with E-state index in [1.165, 1.54) is 11.1 Å². The molecule has 2 amide bonds. The highest BCUT2D eigenvalue weighted by molar-refractivity contribution is 6.05.